The number of nitrogens with two attached hydrogens (primary N) is 1. The van der Waals surface area contributed by atoms with E-state index in [-0.39, 0.29) is 12.3 Å². The molecule has 7 heteroatoms. The van der Waals surface area contributed by atoms with E-state index >= 15 is 0 Å². The second-order valence-corrected chi connectivity index (χ2v) is 4.24. The maximum absolute atomic E-state index is 10.9. The Kier molecular flexibility index (Phi) is 5.15. The molecule has 1 aromatic rings. The summed E-state index contributed by atoms with van der Waals surface area (Å²) in [5.41, 5.74) is 2.58. The molecule has 4 nitrogen and oxygen atoms in total. The van der Waals surface area contributed by atoms with Gasteiger partial charge in [0, 0.05) is 18.0 Å². The summed E-state index contributed by atoms with van der Waals surface area (Å²) in [4.78, 5) is 10.9. The summed E-state index contributed by atoms with van der Waals surface area (Å²) in [7, 11) is 0. The van der Waals surface area contributed by atoms with Crippen molar-refractivity contribution >= 4 is 46.4 Å². The van der Waals surface area contributed by atoms with Crippen LogP contribution in [-0.4, -0.2) is 12.5 Å². The van der Waals surface area contributed by atoms with Crippen molar-refractivity contribution in [2.75, 3.05) is 11.9 Å². The molecule has 0 aliphatic rings. The molecule has 88 valence electrons. The van der Waals surface area contributed by atoms with Gasteiger partial charge in [-0.2, -0.15) is 0 Å². The van der Waals surface area contributed by atoms with Crippen molar-refractivity contribution in [3.63, 3.8) is 0 Å². The van der Waals surface area contributed by atoms with E-state index in [1.54, 1.807) is 12.1 Å². The number of benzene rings is 1. The van der Waals surface area contributed by atoms with Crippen LogP contribution in [-0.2, 0) is 4.79 Å². The van der Waals surface area contributed by atoms with E-state index < -0.39 is 0 Å². The zero-order valence-corrected chi connectivity index (χ0v) is 10.5. The normalized spacial score (nSPS) is 10.0. The van der Waals surface area contributed by atoms with Crippen molar-refractivity contribution in [1.29, 1.82) is 0 Å². The highest BCUT2D eigenvalue weighted by molar-refractivity contribution is 6.41. The molecule has 0 fully saturated rings. The van der Waals surface area contributed by atoms with E-state index in [1.165, 1.54) is 0 Å². The molecule has 1 amide bonds. The van der Waals surface area contributed by atoms with Crippen LogP contribution >= 0.6 is 34.8 Å². The first-order valence-electron chi connectivity index (χ1n) is 4.42. The molecule has 0 spiro atoms. The average molecular weight is 283 g/mol. The van der Waals surface area contributed by atoms with E-state index in [4.69, 9.17) is 40.6 Å². The summed E-state index contributed by atoms with van der Waals surface area (Å²) in [6.45, 7) is 0.379. The fourth-order valence-corrected chi connectivity index (χ4v) is 2.03. The molecule has 0 bridgehead atoms. The number of hydrogen-bond acceptors (Lipinski definition) is 3. The molecule has 0 unspecified atom stereocenters. The zero-order valence-electron chi connectivity index (χ0n) is 8.19. The Bertz CT molecular complexity index is 375. The third-order valence-electron chi connectivity index (χ3n) is 1.82. The average Bonchev–Trinajstić information content (AvgIpc) is 2.21. The molecule has 1 rings (SSSR count). The number of carbonyl (C=O) groups excluding carboxylic acids is 1. The molecule has 0 aromatic heterocycles. The summed E-state index contributed by atoms with van der Waals surface area (Å²) in [5.74, 6) is 4.66. The smallest absolute Gasteiger partial charge is 0.235 e. The molecule has 0 heterocycles. The summed E-state index contributed by atoms with van der Waals surface area (Å²) < 4.78 is 0. The minimum Gasteiger partial charge on any atom is -0.382 e. The van der Waals surface area contributed by atoms with Crippen LogP contribution in [0.3, 0.4) is 0 Å². The van der Waals surface area contributed by atoms with Crippen LogP contribution < -0.4 is 16.6 Å². The van der Waals surface area contributed by atoms with Crippen LogP contribution in [0.15, 0.2) is 12.1 Å². The topological polar surface area (TPSA) is 67.1 Å². The Morgan fingerprint density at radius 2 is 1.81 bits per heavy atom. The van der Waals surface area contributed by atoms with Gasteiger partial charge in [-0.05, 0) is 12.1 Å². The molecule has 0 atom stereocenters. The highest BCUT2D eigenvalue weighted by Crippen LogP contribution is 2.33. The summed E-state index contributed by atoms with van der Waals surface area (Å²) >= 11 is 17.6. The lowest BCUT2D eigenvalue weighted by molar-refractivity contribution is -0.120. The monoisotopic (exact) mass is 281 g/mol. The highest BCUT2D eigenvalue weighted by atomic mass is 35.5. The van der Waals surface area contributed by atoms with Gasteiger partial charge in [-0.1, -0.05) is 34.8 Å². The molecule has 0 radical (unpaired) electrons. The number of anilines is 1. The second-order valence-electron chi connectivity index (χ2n) is 2.99. The number of rotatable bonds is 4. The Morgan fingerprint density at radius 3 is 2.31 bits per heavy atom. The predicted molar refractivity (Wildman–Crippen MR) is 66.9 cm³/mol. The maximum atomic E-state index is 10.9. The molecule has 16 heavy (non-hydrogen) atoms. The van der Waals surface area contributed by atoms with Crippen molar-refractivity contribution in [2.24, 2.45) is 5.84 Å². The van der Waals surface area contributed by atoms with Gasteiger partial charge in [-0.3, -0.25) is 10.2 Å². The van der Waals surface area contributed by atoms with Crippen LogP contribution in [0, 0.1) is 0 Å². The maximum Gasteiger partial charge on any atom is 0.235 e. The van der Waals surface area contributed by atoms with Crippen molar-refractivity contribution in [3.8, 4) is 0 Å². The first kappa shape index (κ1) is 13.4. The molecule has 4 N–H and O–H groups in total. The largest absolute Gasteiger partial charge is 0.382 e. The first-order chi connectivity index (χ1) is 7.54. The van der Waals surface area contributed by atoms with Crippen LogP contribution in [0.4, 0.5) is 5.69 Å². The van der Waals surface area contributed by atoms with Gasteiger partial charge < -0.3 is 5.32 Å². The lowest BCUT2D eigenvalue weighted by atomic mass is 10.3. The van der Waals surface area contributed by atoms with E-state index in [0.717, 1.165) is 0 Å². The summed E-state index contributed by atoms with van der Waals surface area (Å²) in [6, 6.07) is 3.14. The molecule has 0 aliphatic heterocycles. The number of hydrazine groups is 1. The SMILES string of the molecule is NNC(=O)CCNc1c(Cl)cc(Cl)cc1Cl. The van der Waals surface area contributed by atoms with Gasteiger partial charge >= 0.3 is 0 Å². The minimum atomic E-state index is -0.270. The van der Waals surface area contributed by atoms with Gasteiger partial charge in [-0.25, -0.2) is 5.84 Å². The van der Waals surface area contributed by atoms with Crippen molar-refractivity contribution in [2.45, 2.75) is 6.42 Å². The van der Waals surface area contributed by atoms with Crippen molar-refractivity contribution in [3.05, 3.63) is 27.2 Å². The number of hydrogen-bond donors (Lipinski definition) is 3. The predicted octanol–water partition coefficient (Wildman–Crippen LogP) is 2.44. The van der Waals surface area contributed by atoms with Crippen LogP contribution in [0.25, 0.3) is 0 Å². The van der Waals surface area contributed by atoms with Gasteiger partial charge in [0.25, 0.3) is 0 Å². The van der Waals surface area contributed by atoms with E-state index in [2.05, 4.69) is 5.32 Å². The standard InChI is InChI=1S/C9H10Cl3N3O/c10-5-3-6(11)9(7(12)4-5)14-2-1-8(16)15-13/h3-4,14H,1-2,13H2,(H,15,16). The van der Waals surface area contributed by atoms with Gasteiger partial charge in [0.1, 0.15) is 0 Å². The second kappa shape index (κ2) is 6.15. The molecule has 1 aromatic carbocycles. The van der Waals surface area contributed by atoms with E-state index in [0.29, 0.717) is 27.3 Å². The third-order valence-corrected chi connectivity index (χ3v) is 2.64. The van der Waals surface area contributed by atoms with E-state index in [9.17, 15) is 4.79 Å². The van der Waals surface area contributed by atoms with Crippen LogP contribution in [0.5, 0.6) is 0 Å². The molecular weight excluding hydrogens is 272 g/mol. The number of halogens is 3. The van der Waals surface area contributed by atoms with E-state index in [1.807, 2.05) is 5.43 Å². The molecule has 0 saturated carbocycles. The lowest BCUT2D eigenvalue weighted by Gasteiger charge is -2.10. The number of amides is 1. The quantitative estimate of drug-likeness (QED) is 0.451. The first-order valence-corrected chi connectivity index (χ1v) is 5.56. The zero-order chi connectivity index (χ0) is 12.1. The summed E-state index contributed by atoms with van der Waals surface area (Å²) in [5, 5.41) is 4.21. The number of nitrogens with one attached hydrogen (secondary N) is 2. The van der Waals surface area contributed by atoms with Crippen molar-refractivity contribution < 1.29 is 4.79 Å². The van der Waals surface area contributed by atoms with Gasteiger partial charge in [0.05, 0.1) is 15.7 Å². The fourth-order valence-electron chi connectivity index (χ4n) is 1.08. The Labute approximate surface area is 108 Å². The Balaban J connectivity index is 2.64. The third kappa shape index (κ3) is 3.72. The molecule has 0 saturated heterocycles. The van der Waals surface area contributed by atoms with Crippen LogP contribution in [0.2, 0.25) is 15.1 Å². The highest BCUT2D eigenvalue weighted by Gasteiger charge is 2.07. The Hall–Kier alpha value is -0.680. The van der Waals surface area contributed by atoms with Crippen LogP contribution in [0.1, 0.15) is 6.42 Å². The number of carbonyl (C=O) groups is 1. The minimum absolute atomic E-state index is 0.228. The van der Waals surface area contributed by atoms with Gasteiger partial charge in [0.2, 0.25) is 5.91 Å². The van der Waals surface area contributed by atoms with Crippen molar-refractivity contribution in [1.82, 2.24) is 5.43 Å². The van der Waals surface area contributed by atoms with Gasteiger partial charge in [0.15, 0.2) is 0 Å². The lowest BCUT2D eigenvalue weighted by Crippen LogP contribution is -2.31. The molecular formula is C9H10Cl3N3O. The fraction of sp³-hybridized carbons (Fsp3) is 0.222. The summed E-state index contributed by atoms with van der Waals surface area (Å²) in [6.07, 6.45) is 0.228. The molecule has 0 aliphatic carbocycles. The Morgan fingerprint density at radius 1 is 1.25 bits per heavy atom. The van der Waals surface area contributed by atoms with Gasteiger partial charge in [-0.15, -0.1) is 0 Å².